The number of hydrogen-bond donors (Lipinski definition) is 1. The third-order valence-electron chi connectivity index (χ3n) is 5.49. The third kappa shape index (κ3) is 5.34. The van der Waals surface area contributed by atoms with E-state index >= 15 is 0 Å². The van der Waals surface area contributed by atoms with Gasteiger partial charge >= 0.3 is 0 Å². The Morgan fingerprint density at radius 2 is 2.06 bits per heavy atom. The molecule has 32 heavy (non-hydrogen) atoms. The fraction of sp³-hybridized carbons (Fsp3) is 0.375. The van der Waals surface area contributed by atoms with Crippen LogP contribution in [0.1, 0.15) is 38.2 Å². The molecule has 1 amide bonds. The summed E-state index contributed by atoms with van der Waals surface area (Å²) < 4.78 is 7.36. The lowest BCUT2D eigenvalue weighted by atomic mass is 10.0. The molecule has 1 unspecified atom stereocenters. The molecular formula is C24H26ClN3O3S. The maximum atomic E-state index is 13.2. The number of amides is 1. The molecule has 4 rings (SSSR count). The van der Waals surface area contributed by atoms with E-state index in [9.17, 15) is 9.59 Å². The summed E-state index contributed by atoms with van der Waals surface area (Å²) in [6, 6.07) is 12.9. The Balaban J connectivity index is 1.53. The molecule has 0 aliphatic carbocycles. The van der Waals surface area contributed by atoms with Crippen molar-refractivity contribution in [1.82, 2.24) is 9.55 Å². The SMILES string of the molecule is CC(C)c1ccc(NC(=O)CSc2nc3cc(Cl)ccc3c(=O)n2CC2CCCO2)cc1. The largest absolute Gasteiger partial charge is 0.376 e. The maximum Gasteiger partial charge on any atom is 0.262 e. The standard InChI is InChI=1S/C24H26ClN3O3S/c1-15(2)16-5-8-18(9-6-16)26-22(29)14-32-24-27-21-12-17(25)7-10-20(21)23(30)28(24)13-19-4-3-11-31-19/h5-10,12,15,19H,3-4,11,13-14H2,1-2H3,(H,26,29). The van der Waals surface area contributed by atoms with Gasteiger partial charge in [-0.2, -0.15) is 0 Å². The molecule has 1 aromatic heterocycles. The van der Waals surface area contributed by atoms with Gasteiger partial charge in [0.25, 0.3) is 5.56 Å². The Kier molecular flexibility index (Phi) is 7.18. The number of halogens is 1. The van der Waals surface area contributed by atoms with Crippen LogP contribution >= 0.6 is 23.4 Å². The average Bonchev–Trinajstić information content (AvgIpc) is 3.28. The predicted molar refractivity (Wildman–Crippen MR) is 130 cm³/mol. The number of thioether (sulfide) groups is 1. The van der Waals surface area contributed by atoms with Crippen LogP contribution in [-0.4, -0.2) is 33.9 Å². The lowest BCUT2D eigenvalue weighted by Crippen LogP contribution is -2.29. The second-order valence-electron chi connectivity index (χ2n) is 8.22. The van der Waals surface area contributed by atoms with Gasteiger partial charge in [0.15, 0.2) is 5.16 Å². The van der Waals surface area contributed by atoms with Gasteiger partial charge in [-0.05, 0) is 54.7 Å². The van der Waals surface area contributed by atoms with E-state index in [-0.39, 0.29) is 23.3 Å². The lowest BCUT2D eigenvalue weighted by molar-refractivity contribution is -0.113. The molecule has 1 atom stereocenters. The van der Waals surface area contributed by atoms with Crippen molar-refractivity contribution in [2.24, 2.45) is 0 Å². The number of benzene rings is 2. The van der Waals surface area contributed by atoms with Crippen molar-refractivity contribution >= 4 is 45.9 Å². The van der Waals surface area contributed by atoms with E-state index in [1.54, 1.807) is 22.8 Å². The van der Waals surface area contributed by atoms with Crippen LogP contribution in [0.15, 0.2) is 52.4 Å². The smallest absolute Gasteiger partial charge is 0.262 e. The van der Waals surface area contributed by atoms with Gasteiger partial charge in [0.05, 0.1) is 29.3 Å². The van der Waals surface area contributed by atoms with Crippen LogP contribution in [0, 0.1) is 0 Å². The number of fused-ring (bicyclic) bond motifs is 1. The Morgan fingerprint density at radius 1 is 1.28 bits per heavy atom. The molecule has 0 spiro atoms. The molecule has 1 saturated heterocycles. The number of nitrogens with zero attached hydrogens (tertiary/aromatic N) is 2. The summed E-state index contributed by atoms with van der Waals surface area (Å²) in [5, 5.41) is 4.42. The summed E-state index contributed by atoms with van der Waals surface area (Å²) in [7, 11) is 0. The first kappa shape index (κ1) is 22.8. The summed E-state index contributed by atoms with van der Waals surface area (Å²) >= 11 is 7.35. The highest BCUT2D eigenvalue weighted by molar-refractivity contribution is 7.99. The van der Waals surface area contributed by atoms with Gasteiger partial charge in [-0.3, -0.25) is 14.2 Å². The normalized spacial score (nSPS) is 16.1. The van der Waals surface area contributed by atoms with E-state index in [1.165, 1.54) is 17.3 Å². The second-order valence-corrected chi connectivity index (χ2v) is 9.60. The van der Waals surface area contributed by atoms with Crippen molar-refractivity contribution in [3.63, 3.8) is 0 Å². The number of carbonyl (C=O) groups excluding carboxylic acids is 1. The number of nitrogens with one attached hydrogen (secondary N) is 1. The number of carbonyl (C=O) groups is 1. The number of aromatic nitrogens is 2. The van der Waals surface area contributed by atoms with Crippen LogP contribution in [0.4, 0.5) is 5.69 Å². The van der Waals surface area contributed by atoms with Crippen LogP contribution in [-0.2, 0) is 16.1 Å². The van der Waals surface area contributed by atoms with Gasteiger partial charge in [0.2, 0.25) is 5.91 Å². The fourth-order valence-electron chi connectivity index (χ4n) is 3.72. The van der Waals surface area contributed by atoms with Gasteiger partial charge in [0.1, 0.15) is 0 Å². The molecule has 8 heteroatoms. The molecule has 2 aromatic carbocycles. The Labute approximate surface area is 196 Å². The second kappa shape index (κ2) is 10.1. The third-order valence-corrected chi connectivity index (χ3v) is 6.70. The molecule has 3 aromatic rings. The first-order valence-electron chi connectivity index (χ1n) is 10.7. The molecule has 1 fully saturated rings. The summed E-state index contributed by atoms with van der Waals surface area (Å²) in [5.74, 6) is 0.412. The van der Waals surface area contributed by atoms with Crippen LogP contribution in [0.3, 0.4) is 0 Å². The van der Waals surface area contributed by atoms with Gasteiger partial charge in [-0.15, -0.1) is 0 Å². The van der Waals surface area contributed by atoms with Crippen molar-refractivity contribution in [3.8, 4) is 0 Å². The van der Waals surface area contributed by atoms with Crippen LogP contribution in [0.5, 0.6) is 0 Å². The van der Waals surface area contributed by atoms with Crippen molar-refractivity contribution in [1.29, 1.82) is 0 Å². The summed E-state index contributed by atoms with van der Waals surface area (Å²) in [6.45, 7) is 5.38. The van der Waals surface area contributed by atoms with Gasteiger partial charge in [0, 0.05) is 17.3 Å². The quantitative estimate of drug-likeness (QED) is 0.384. The highest BCUT2D eigenvalue weighted by atomic mass is 35.5. The van der Waals surface area contributed by atoms with Gasteiger partial charge < -0.3 is 10.1 Å². The van der Waals surface area contributed by atoms with Crippen molar-refractivity contribution < 1.29 is 9.53 Å². The molecule has 0 radical (unpaired) electrons. The van der Waals surface area contributed by atoms with E-state index in [4.69, 9.17) is 16.3 Å². The molecule has 1 aliphatic heterocycles. The van der Waals surface area contributed by atoms with E-state index in [1.807, 2.05) is 24.3 Å². The summed E-state index contributed by atoms with van der Waals surface area (Å²) in [6.07, 6.45) is 1.87. The van der Waals surface area contributed by atoms with E-state index < -0.39 is 0 Å². The molecule has 168 valence electrons. The molecule has 0 saturated carbocycles. The molecule has 2 heterocycles. The number of hydrogen-bond acceptors (Lipinski definition) is 5. The minimum absolute atomic E-state index is 0.0214. The van der Waals surface area contributed by atoms with E-state index in [2.05, 4.69) is 24.1 Å². The predicted octanol–water partition coefficient (Wildman–Crippen LogP) is 5.08. The minimum atomic E-state index is -0.156. The van der Waals surface area contributed by atoms with Crippen molar-refractivity contribution in [3.05, 3.63) is 63.4 Å². The van der Waals surface area contributed by atoms with Gasteiger partial charge in [-0.25, -0.2) is 4.98 Å². The zero-order valence-corrected chi connectivity index (χ0v) is 19.7. The molecule has 0 bridgehead atoms. The minimum Gasteiger partial charge on any atom is -0.376 e. The van der Waals surface area contributed by atoms with Gasteiger partial charge in [-0.1, -0.05) is 49.3 Å². The Morgan fingerprint density at radius 3 is 2.75 bits per heavy atom. The zero-order chi connectivity index (χ0) is 22.7. The van der Waals surface area contributed by atoms with Crippen LogP contribution in [0.25, 0.3) is 10.9 Å². The Hall–Kier alpha value is -2.35. The highest BCUT2D eigenvalue weighted by Gasteiger charge is 2.21. The lowest BCUT2D eigenvalue weighted by Gasteiger charge is -2.16. The zero-order valence-electron chi connectivity index (χ0n) is 18.1. The molecule has 1 aliphatic rings. The van der Waals surface area contributed by atoms with Crippen molar-refractivity contribution in [2.45, 2.75) is 50.4 Å². The molecule has 6 nitrogen and oxygen atoms in total. The van der Waals surface area contributed by atoms with Crippen LogP contribution < -0.4 is 10.9 Å². The van der Waals surface area contributed by atoms with Crippen molar-refractivity contribution in [2.75, 3.05) is 17.7 Å². The number of rotatable bonds is 7. The monoisotopic (exact) mass is 471 g/mol. The maximum absolute atomic E-state index is 13.2. The number of ether oxygens (including phenoxy) is 1. The van der Waals surface area contributed by atoms with Crippen LogP contribution in [0.2, 0.25) is 5.02 Å². The Bertz CT molecular complexity index is 1170. The summed E-state index contributed by atoms with van der Waals surface area (Å²) in [4.78, 5) is 30.4. The highest BCUT2D eigenvalue weighted by Crippen LogP contribution is 2.23. The topological polar surface area (TPSA) is 73.2 Å². The number of anilines is 1. The van der Waals surface area contributed by atoms with E-state index in [0.29, 0.717) is 40.2 Å². The molecular weight excluding hydrogens is 446 g/mol. The van der Waals surface area contributed by atoms with E-state index in [0.717, 1.165) is 18.5 Å². The summed E-state index contributed by atoms with van der Waals surface area (Å²) in [5.41, 5.74) is 2.34. The first-order valence-corrected chi connectivity index (χ1v) is 12.1. The molecule has 1 N–H and O–H groups in total. The first-order chi connectivity index (χ1) is 15.4. The fourth-order valence-corrected chi connectivity index (χ4v) is 4.69. The average molecular weight is 472 g/mol.